The number of nitrogens with one attached hydrogen (secondary N) is 2. The van der Waals surface area contributed by atoms with Crippen LogP contribution in [-0.2, 0) is 6.54 Å². The Kier molecular flexibility index (Phi) is 8.91. The summed E-state index contributed by atoms with van der Waals surface area (Å²) in [6.07, 6.45) is 0.0627. The second-order valence-electron chi connectivity index (χ2n) is 4.63. The Morgan fingerprint density at radius 1 is 1.18 bits per heavy atom. The summed E-state index contributed by atoms with van der Waals surface area (Å²) >= 11 is 1.73. The molecule has 4 nitrogen and oxygen atoms in total. The summed E-state index contributed by atoms with van der Waals surface area (Å²) in [6, 6.07) is 14.0. The van der Waals surface area contributed by atoms with Crippen LogP contribution in [0.1, 0.15) is 11.8 Å². The highest BCUT2D eigenvalue weighted by Gasteiger charge is 2.05. The number of rotatable bonds is 6. The standard InChI is InChI=1S/C16H21N3OS.HI/c1-13(20-14-7-4-3-5-8-14)11-18-16(17-2)19-12-15-9-6-10-21-15;/h3-10,13H,11-12H2,1-2H3,(H2,17,18,19);1H. The van der Waals surface area contributed by atoms with Gasteiger partial charge < -0.3 is 15.4 Å². The number of guanidine groups is 1. The van der Waals surface area contributed by atoms with Crippen LogP contribution in [0.2, 0.25) is 0 Å². The van der Waals surface area contributed by atoms with Crippen LogP contribution in [0.4, 0.5) is 0 Å². The molecule has 1 unspecified atom stereocenters. The monoisotopic (exact) mass is 431 g/mol. The number of hydrogen-bond acceptors (Lipinski definition) is 3. The van der Waals surface area contributed by atoms with Gasteiger partial charge in [0.1, 0.15) is 11.9 Å². The van der Waals surface area contributed by atoms with Crippen molar-refractivity contribution in [3.05, 3.63) is 52.7 Å². The lowest BCUT2D eigenvalue weighted by atomic mass is 10.3. The molecule has 0 bridgehead atoms. The number of thiophene rings is 1. The molecule has 0 amide bonds. The fraction of sp³-hybridized carbons (Fsp3) is 0.312. The summed E-state index contributed by atoms with van der Waals surface area (Å²) in [4.78, 5) is 5.49. The summed E-state index contributed by atoms with van der Waals surface area (Å²) in [7, 11) is 1.77. The summed E-state index contributed by atoms with van der Waals surface area (Å²) < 4.78 is 5.82. The topological polar surface area (TPSA) is 45.7 Å². The molecular formula is C16H22IN3OS. The van der Waals surface area contributed by atoms with Crippen LogP contribution in [0.3, 0.4) is 0 Å². The molecule has 1 aromatic carbocycles. The van der Waals surface area contributed by atoms with Gasteiger partial charge in [-0.25, -0.2) is 0 Å². The SMILES string of the molecule is CN=C(NCc1cccs1)NCC(C)Oc1ccccc1.I. The van der Waals surface area contributed by atoms with Crippen LogP contribution in [0.25, 0.3) is 0 Å². The summed E-state index contributed by atoms with van der Waals surface area (Å²) in [6.45, 7) is 3.51. The lowest BCUT2D eigenvalue weighted by molar-refractivity contribution is 0.224. The van der Waals surface area contributed by atoms with Gasteiger partial charge in [-0.1, -0.05) is 24.3 Å². The molecule has 6 heteroatoms. The number of hydrogen-bond donors (Lipinski definition) is 2. The van der Waals surface area contributed by atoms with Crippen molar-refractivity contribution in [1.82, 2.24) is 10.6 Å². The molecule has 22 heavy (non-hydrogen) atoms. The Hall–Kier alpha value is -1.28. The second-order valence-corrected chi connectivity index (χ2v) is 5.66. The van der Waals surface area contributed by atoms with Gasteiger partial charge in [0.25, 0.3) is 0 Å². The fourth-order valence-electron chi connectivity index (χ4n) is 1.82. The number of para-hydroxylation sites is 1. The van der Waals surface area contributed by atoms with Gasteiger partial charge in [0.05, 0.1) is 13.1 Å². The summed E-state index contributed by atoms with van der Waals surface area (Å²) in [5, 5.41) is 8.63. The van der Waals surface area contributed by atoms with Gasteiger partial charge in [0.2, 0.25) is 0 Å². The van der Waals surface area contributed by atoms with Crippen molar-refractivity contribution in [3.8, 4) is 5.75 Å². The van der Waals surface area contributed by atoms with Crippen molar-refractivity contribution in [2.45, 2.75) is 19.6 Å². The van der Waals surface area contributed by atoms with E-state index >= 15 is 0 Å². The van der Waals surface area contributed by atoms with Crippen LogP contribution < -0.4 is 15.4 Å². The number of benzene rings is 1. The van der Waals surface area contributed by atoms with Gasteiger partial charge in [0.15, 0.2) is 5.96 Å². The minimum atomic E-state index is 0. The maximum atomic E-state index is 5.82. The predicted octanol–water partition coefficient (Wildman–Crippen LogP) is 3.50. The van der Waals surface area contributed by atoms with E-state index in [9.17, 15) is 0 Å². The third kappa shape index (κ3) is 6.65. The van der Waals surface area contributed by atoms with Crippen molar-refractivity contribution >= 4 is 41.3 Å². The van der Waals surface area contributed by atoms with Crippen LogP contribution in [0, 0.1) is 0 Å². The Labute approximate surface area is 153 Å². The van der Waals surface area contributed by atoms with Gasteiger partial charge in [-0.2, -0.15) is 0 Å². The Morgan fingerprint density at radius 2 is 1.95 bits per heavy atom. The van der Waals surface area contributed by atoms with Crippen LogP contribution >= 0.6 is 35.3 Å². The first-order chi connectivity index (χ1) is 10.3. The smallest absolute Gasteiger partial charge is 0.191 e. The fourth-order valence-corrected chi connectivity index (χ4v) is 2.46. The normalized spacial score (nSPS) is 12.2. The lowest BCUT2D eigenvalue weighted by Gasteiger charge is -2.17. The molecule has 1 atom stereocenters. The van der Waals surface area contributed by atoms with E-state index in [4.69, 9.17) is 4.74 Å². The molecule has 0 saturated carbocycles. The van der Waals surface area contributed by atoms with Crippen LogP contribution in [0.5, 0.6) is 5.75 Å². The van der Waals surface area contributed by atoms with E-state index in [0.29, 0.717) is 6.54 Å². The predicted molar refractivity (Wildman–Crippen MR) is 104 cm³/mol. The van der Waals surface area contributed by atoms with Crippen molar-refractivity contribution in [1.29, 1.82) is 0 Å². The third-order valence-corrected chi connectivity index (χ3v) is 3.75. The molecular weight excluding hydrogens is 409 g/mol. The molecule has 2 N–H and O–H groups in total. The molecule has 0 saturated heterocycles. The van der Waals surface area contributed by atoms with Crippen molar-refractivity contribution in [2.75, 3.05) is 13.6 Å². The summed E-state index contributed by atoms with van der Waals surface area (Å²) in [5.74, 6) is 1.67. The van der Waals surface area contributed by atoms with Gasteiger partial charge in [0, 0.05) is 11.9 Å². The number of nitrogens with zero attached hydrogens (tertiary/aromatic N) is 1. The molecule has 2 rings (SSSR count). The molecule has 0 fully saturated rings. The maximum absolute atomic E-state index is 5.82. The average Bonchev–Trinajstić information content (AvgIpc) is 3.02. The van der Waals surface area contributed by atoms with Crippen molar-refractivity contribution in [2.24, 2.45) is 4.99 Å². The van der Waals surface area contributed by atoms with Crippen molar-refractivity contribution in [3.63, 3.8) is 0 Å². The molecule has 1 heterocycles. The second kappa shape index (κ2) is 10.4. The highest BCUT2D eigenvalue weighted by atomic mass is 127. The summed E-state index contributed by atoms with van der Waals surface area (Å²) in [5.41, 5.74) is 0. The molecule has 0 radical (unpaired) electrons. The van der Waals surface area contributed by atoms with Gasteiger partial charge in [-0.05, 0) is 30.5 Å². The average molecular weight is 431 g/mol. The Balaban J connectivity index is 0.00000242. The van der Waals surface area contributed by atoms with E-state index in [1.54, 1.807) is 18.4 Å². The Bertz CT molecular complexity index is 546. The minimum absolute atomic E-state index is 0. The first-order valence-electron chi connectivity index (χ1n) is 6.96. The molecule has 0 aliphatic heterocycles. The van der Waals surface area contributed by atoms with E-state index in [1.165, 1.54) is 4.88 Å². The molecule has 0 aliphatic carbocycles. The lowest BCUT2D eigenvalue weighted by Crippen LogP contribution is -2.41. The number of halogens is 1. The number of aliphatic imine (C=N–C) groups is 1. The molecule has 0 aliphatic rings. The highest BCUT2D eigenvalue weighted by Crippen LogP contribution is 2.10. The molecule has 120 valence electrons. The van der Waals surface area contributed by atoms with Crippen LogP contribution in [-0.4, -0.2) is 25.7 Å². The highest BCUT2D eigenvalue weighted by molar-refractivity contribution is 14.0. The van der Waals surface area contributed by atoms with E-state index in [1.807, 2.05) is 43.3 Å². The Morgan fingerprint density at radius 3 is 2.59 bits per heavy atom. The third-order valence-electron chi connectivity index (χ3n) is 2.87. The molecule has 1 aromatic heterocycles. The molecule has 2 aromatic rings. The minimum Gasteiger partial charge on any atom is -0.489 e. The number of ether oxygens (including phenoxy) is 1. The van der Waals surface area contributed by atoms with Gasteiger partial charge >= 0.3 is 0 Å². The van der Waals surface area contributed by atoms with Crippen LogP contribution in [0.15, 0.2) is 52.8 Å². The molecule has 0 spiro atoms. The zero-order chi connectivity index (χ0) is 14.9. The zero-order valence-corrected chi connectivity index (χ0v) is 15.9. The first kappa shape index (κ1) is 18.8. The van der Waals surface area contributed by atoms with E-state index < -0.39 is 0 Å². The first-order valence-corrected chi connectivity index (χ1v) is 7.84. The maximum Gasteiger partial charge on any atom is 0.191 e. The van der Waals surface area contributed by atoms with Gasteiger partial charge in [-0.3, -0.25) is 4.99 Å². The quantitative estimate of drug-likeness (QED) is 0.418. The van der Waals surface area contributed by atoms with Crippen molar-refractivity contribution < 1.29 is 4.74 Å². The van der Waals surface area contributed by atoms with E-state index in [2.05, 4.69) is 27.1 Å². The van der Waals surface area contributed by atoms with E-state index in [-0.39, 0.29) is 30.1 Å². The van der Waals surface area contributed by atoms with E-state index in [0.717, 1.165) is 18.3 Å². The van der Waals surface area contributed by atoms with Gasteiger partial charge in [-0.15, -0.1) is 35.3 Å². The largest absolute Gasteiger partial charge is 0.489 e. The zero-order valence-electron chi connectivity index (χ0n) is 12.8.